The van der Waals surface area contributed by atoms with Crippen LogP contribution in [0.15, 0.2) is 42.6 Å². The maximum Gasteiger partial charge on any atom is 0.179 e. The van der Waals surface area contributed by atoms with Crippen LogP contribution in [-0.4, -0.2) is 42.2 Å². The first-order valence-corrected chi connectivity index (χ1v) is 11.1. The molecule has 0 radical (unpaired) electrons. The minimum atomic E-state index is -0.251. The Morgan fingerprint density at radius 1 is 1.12 bits per heavy atom. The fourth-order valence-electron chi connectivity index (χ4n) is 4.37. The number of nitrogens with zero attached hydrogens (tertiary/aromatic N) is 3. The number of rotatable bonds is 6. The Labute approximate surface area is 193 Å². The molecule has 2 aromatic carbocycles. The third-order valence-corrected chi connectivity index (χ3v) is 6.36. The van der Waals surface area contributed by atoms with Gasteiger partial charge >= 0.3 is 0 Å². The van der Waals surface area contributed by atoms with Gasteiger partial charge in [-0.1, -0.05) is 29.8 Å². The molecule has 0 spiro atoms. The Morgan fingerprint density at radius 3 is 2.62 bits per heavy atom. The van der Waals surface area contributed by atoms with Gasteiger partial charge in [-0.25, -0.2) is 14.4 Å². The van der Waals surface area contributed by atoms with E-state index in [4.69, 9.17) is 26.1 Å². The predicted octanol–water partition coefficient (Wildman–Crippen LogP) is 5.64. The summed E-state index contributed by atoms with van der Waals surface area (Å²) in [6.07, 6.45) is 3.96. The van der Waals surface area contributed by atoms with Crippen LogP contribution >= 0.6 is 11.6 Å². The molecule has 0 saturated carbocycles. The first kappa shape index (κ1) is 22.5. The van der Waals surface area contributed by atoms with Gasteiger partial charge in [-0.05, 0) is 55.6 Å². The van der Waals surface area contributed by atoms with Crippen molar-refractivity contribution in [3.8, 4) is 22.6 Å². The number of likely N-dealkylation sites (tertiary alicyclic amines) is 1. The third kappa shape index (κ3) is 4.71. The second-order valence-corrected chi connectivity index (χ2v) is 8.45. The van der Waals surface area contributed by atoms with Crippen LogP contribution in [0, 0.1) is 12.7 Å². The standard InChI is InChI=1S/C25H27ClFN3O2/c1-16-28-13-21(17-6-9-20(27)10-7-17)24(29-16)19-5-4-12-30(15-19)14-18-8-11-22(31-2)25(32-3)23(18)26/h6-11,13,19H,4-5,12,14-15H2,1-3H3. The summed E-state index contributed by atoms with van der Waals surface area (Å²) in [6, 6.07) is 10.4. The number of benzene rings is 2. The fourth-order valence-corrected chi connectivity index (χ4v) is 4.66. The summed E-state index contributed by atoms with van der Waals surface area (Å²) in [5.74, 6) is 1.93. The zero-order valence-corrected chi connectivity index (χ0v) is 19.3. The van der Waals surface area contributed by atoms with Crippen molar-refractivity contribution in [2.75, 3.05) is 27.3 Å². The molecule has 1 aliphatic heterocycles. The van der Waals surface area contributed by atoms with E-state index in [9.17, 15) is 4.39 Å². The van der Waals surface area contributed by atoms with Gasteiger partial charge in [0.05, 0.1) is 24.9 Å². The lowest BCUT2D eigenvalue weighted by Gasteiger charge is -2.33. The summed E-state index contributed by atoms with van der Waals surface area (Å²) in [6.45, 7) is 4.46. The summed E-state index contributed by atoms with van der Waals surface area (Å²) < 4.78 is 24.3. The average molecular weight is 456 g/mol. The molecule has 2 heterocycles. The lowest BCUT2D eigenvalue weighted by atomic mass is 9.89. The largest absolute Gasteiger partial charge is 0.493 e. The summed E-state index contributed by atoms with van der Waals surface area (Å²) in [5, 5.41) is 0.582. The molecule has 4 rings (SSSR count). The fraction of sp³-hybridized carbons (Fsp3) is 0.360. The SMILES string of the molecule is COc1ccc(CN2CCCC(c3nc(C)ncc3-c3ccc(F)cc3)C2)c(Cl)c1OC. The predicted molar refractivity (Wildman–Crippen MR) is 124 cm³/mol. The molecule has 168 valence electrons. The number of hydrogen-bond acceptors (Lipinski definition) is 5. The lowest BCUT2D eigenvalue weighted by Crippen LogP contribution is -2.34. The van der Waals surface area contributed by atoms with Gasteiger partial charge in [0.25, 0.3) is 0 Å². The van der Waals surface area contributed by atoms with Crippen LogP contribution in [0.1, 0.15) is 35.8 Å². The van der Waals surface area contributed by atoms with E-state index in [1.54, 1.807) is 26.4 Å². The second-order valence-electron chi connectivity index (χ2n) is 8.07. The molecule has 3 aromatic rings. The molecule has 7 heteroatoms. The van der Waals surface area contributed by atoms with Gasteiger partial charge in [-0.3, -0.25) is 4.90 Å². The number of hydrogen-bond donors (Lipinski definition) is 0. The summed E-state index contributed by atoms with van der Waals surface area (Å²) in [5.41, 5.74) is 3.92. The molecule has 1 atom stereocenters. The van der Waals surface area contributed by atoms with E-state index in [1.807, 2.05) is 25.3 Å². The van der Waals surface area contributed by atoms with Crippen LogP contribution in [0.3, 0.4) is 0 Å². The van der Waals surface area contributed by atoms with Crippen LogP contribution in [0.4, 0.5) is 4.39 Å². The van der Waals surface area contributed by atoms with Gasteiger partial charge in [-0.15, -0.1) is 0 Å². The maximum atomic E-state index is 13.4. The molecule has 0 bridgehead atoms. The van der Waals surface area contributed by atoms with Crippen molar-refractivity contribution in [1.82, 2.24) is 14.9 Å². The molecule has 32 heavy (non-hydrogen) atoms. The van der Waals surface area contributed by atoms with Gasteiger partial charge in [0.15, 0.2) is 11.5 Å². The van der Waals surface area contributed by atoms with Crippen LogP contribution in [-0.2, 0) is 6.54 Å². The number of piperidine rings is 1. The highest BCUT2D eigenvalue weighted by molar-refractivity contribution is 6.33. The molecule has 0 N–H and O–H groups in total. The number of aryl methyl sites for hydroxylation is 1. The van der Waals surface area contributed by atoms with Gasteiger partial charge < -0.3 is 9.47 Å². The van der Waals surface area contributed by atoms with Gasteiger partial charge in [-0.2, -0.15) is 0 Å². The molecule has 0 amide bonds. The third-order valence-electron chi connectivity index (χ3n) is 5.95. The van der Waals surface area contributed by atoms with Crippen molar-refractivity contribution < 1.29 is 13.9 Å². The lowest BCUT2D eigenvalue weighted by molar-refractivity contribution is 0.198. The number of methoxy groups -OCH3 is 2. The molecule has 1 saturated heterocycles. The average Bonchev–Trinajstić information content (AvgIpc) is 2.81. The van der Waals surface area contributed by atoms with Crippen LogP contribution < -0.4 is 9.47 Å². The highest BCUT2D eigenvalue weighted by Crippen LogP contribution is 2.39. The van der Waals surface area contributed by atoms with E-state index in [0.29, 0.717) is 23.1 Å². The van der Waals surface area contributed by atoms with Crippen molar-refractivity contribution in [2.45, 2.75) is 32.2 Å². The normalized spacial score (nSPS) is 16.7. The minimum absolute atomic E-state index is 0.251. The Kier molecular flexibility index (Phi) is 6.92. The molecule has 1 unspecified atom stereocenters. The Bertz CT molecular complexity index is 1090. The van der Waals surface area contributed by atoms with E-state index in [-0.39, 0.29) is 11.7 Å². The summed E-state index contributed by atoms with van der Waals surface area (Å²) >= 11 is 6.62. The van der Waals surface area contributed by atoms with Gasteiger partial charge in [0, 0.05) is 30.8 Å². The Morgan fingerprint density at radius 2 is 1.91 bits per heavy atom. The van der Waals surface area contributed by atoms with E-state index in [2.05, 4.69) is 9.88 Å². The van der Waals surface area contributed by atoms with Crippen LogP contribution in [0.25, 0.3) is 11.1 Å². The second kappa shape index (κ2) is 9.84. The smallest absolute Gasteiger partial charge is 0.179 e. The number of ether oxygens (including phenoxy) is 2. The number of halogens is 2. The van der Waals surface area contributed by atoms with Gasteiger partial charge in [0.1, 0.15) is 11.6 Å². The van der Waals surface area contributed by atoms with Crippen molar-refractivity contribution >= 4 is 11.6 Å². The first-order chi connectivity index (χ1) is 15.5. The minimum Gasteiger partial charge on any atom is -0.493 e. The molecular formula is C25H27ClFN3O2. The topological polar surface area (TPSA) is 47.5 Å². The molecule has 5 nitrogen and oxygen atoms in total. The van der Waals surface area contributed by atoms with Crippen molar-refractivity contribution in [2.24, 2.45) is 0 Å². The summed E-state index contributed by atoms with van der Waals surface area (Å²) in [4.78, 5) is 11.6. The molecule has 1 aromatic heterocycles. The molecule has 1 aliphatic rings. The van der Waals surface area contributed by atoms with E-state index in [0.717, 1.165) is 54.1 Å². The molecule has 0 aliphatic carbocycles. The van der Waals surface area contributed by atoms with Gasteiger partial charge in [0.2, 0.25) is 0 Å². The number of aromatic nitrogens is 2. The zero-order valence-electron chi connectivity index (χ0n) is 18.6. The maximum absolute atomic E-state index is 13.4. The Balaban J connectivity index is 1.59. The van der Waals surface area contributed by atoms with E-state index in [1.165, 1.54) is 12.1 Å². The quantitative estimate of drug-likeness (QED) is 0.481. The Hall–Kier alpha value is -2.70. The first-order valence-electron chi connectivity index (χ1n) is 10.7. The highest BCUT2D eigenvalue weighted by Gasteiger charge is 2.26. The van der Waals surface area contributed by atoms with Crippen molar-refractivity contribution in [3.63, 3.8) is 0 Å². The van der Waals surface area contributed by atoms with Crippen molar-refractivity contribution in [1.29, 1.82) is 0 Å². The van der Waals surface area contributed by atoms with Crippen LogP contribution in [0.2, 0.25) is 5.02 Å². The molecule has 1 fully saturated rings. The van der Waals surface area contributed by atoms with Crippen molar-refractivity contribution in [3.05, 3.63) is 70.5 Å². The van der Waals surface area contributed by atoms with Crippen LogP contribution in [0.5, 0.6) is 11.5 Å². The summed E-state index contributed by atoms with van der Waals surface area (Å²) in [7, 11) is 3.20. The zero-order chi connectivity index (χ0) is 22.7. The highest BCUT2D eigenvalue weighted by atomic mass is 35.5. The van der Waals surface area contributed by atoms with E-state index >= 15 is 0 Å². The molecular weight excluding hydrogens is 429 g/mol. The monoisotopic (exact) mass is 455 g/mol. The van der Waals surface area contributed by atoms with E-state index < -0.39 is 0 Å².